The molecule has 0 aromatic heterocycles. The first kappa shape index (κ1) is 15.8. The molecule has 0 aromatic rings. The first-order valence-corrected chi connectivity index (χ1v) is 8.31. The number of piperidine rings is 1. The molecule has 2 aliphatic heterocycles. The third kappa shape index (κ3) is 4.19. The van der Waals surface area contributed by atoms with Gasteiger partial charge in [0, 0.05) is 19.1 Å². The fourth-order valence-electron chi connectivity index (χ4n) is 3.54. The number of rotatable bonds is 5. The van der Waals surface area contributed by atoms with Crippen LogP contribution in [0.3, 0.4) is 0 Å². The second kappa shape index (κ2) is 7.41. The van der Waals surface area contributed by atoms with Crippen molar-refractivity contribution in [2.24, 2.45) is 5.92 Å². The number of hydrogen-bond acceptors (Lipinski definition) is 3. The van der Waals surface area contributed by atoms with Crippen LogP contribution >= 0.6 is 0 Å². The standard InChI is InChI=1S/C16H30N2O2/c1-3-16(4-2)11-14(7-9-20-16)18-15(19)10-13-6-5-8-17-12-13/h13-14,17H,3-12H2,1-2H3,(H,18,19). The van der Waals surface area contributed by atoms with Gasteiger partial charge in [0.15, 0.2) is 0 Å². The minimum absolute atomic E-state index is 0.0113. The van der Waals surface area contributed by atoms with Crippen LogP contribution in [0.15, 0.2) is 0 Å². The summed E-state index contributed by atoms with van der Waals surface area (Å²) in [4.78, 5) is 12.2. The summed E-state index contributed by atoms with van der Waals surface area (Å²) in [6.07, 6.45) is 7.04. The Balaban J connectivity index is 1.78. The van der Waals surface area contributed by atoms with Crippen LogP contribution in [0, 0.1) is 5.92 Å². The van der Waals surface area contributed by atoms with Crippen LogP contribution in [0.25, 0.3) is 0 Å². The van der Waals surface area contributed by atoms with E-state index in [0.29, 0.717) is 18.4 Å². The average molecular weight is 282 g/mol. The normalized spacial score (nSPS) is 29.9. The number of nitrogens with one attached hydrogen (secondary N) is 2. The molecule has 4 heteroatoms. The van der Waals surface area contributed by atoms with Crippen LogP contribution in [0.5, 0.6) is 0 Å². The summed E-state index contributed by atoms with van der Waals surface area (Å²) in [6, 6.07) is 0.299. The summed E-state index contributed by atoms with van der Waals surface area (Å²) in [7, 11) is 0. The zero-order valence-corrected chi connectivity index (χ0v) is 13.0. The third-order valence-electron chi connectivity index (χ3n) is 5.02. The van der Waals surface area contributed by atoms with E-state index in [4.69, 9.17) is 4.74 Å². The molecular weight excluding hydrogens is 252 g/mol. The SMILES string of the molecule is CCC1(CC)CC(NC(=O)CC2CCCNC2)CCO1. The van der Waals surface area contributed by atoms with Crippen molar-refractivity contribution < 1.29 is 9.53 Å². The summed E-state index contributed by atoms with van der Waals surface area (Å²) in [5, 5.41) is 6.62. The fourth-order valence-corrected chi connectivity index (χ4v) is 3.54. The minimum Gasteiger partial charge on any atom is -0.375 e. The van der Waals surface area contributed by atoms with Gasteiger partial charge in [-0.05, 0) is 57.5 Å². The van der Waals surface area contributed by atoms with E-state index in [0.717, 1.165) is 45.4 Å². The predicted molar refractivity (Wildman–Crippen MR) is 80.6 cm³/mol. The zero-order valence-electron chi connectivity index (χ0n) is 13.0. The molecule has 0 radical (unpaired) electrons. The van der Waals surface area contributed by atoms with Gasteiger partial charge in [-0.2, -0.15) is 0 Å². The van der Waals surface area contributed by atoms with Gasteiger partial charge in [-0.3, -0.25) is 4.79 Å². The topological polar surface area (TPSA) is 50.4 Å². The third-order valence-corrected chi connectivity index (χ3v) is 5.02. The Labute approximate surface area is 123 Å². The second-order valence-electron chi connectivity index (χ2n) is 6.41. The molecule has 2 unspecified atom stereocenters. The van der Waals surface area contributed by atoms with Gasteiger partial charge in [0.25, 0.3) is 0 Å². The Hall–Kier alpha value is -0.610. The molecule has 1 amide bonds. The van der Waals surface area contributed by atoms with Gasteiger partial charge in [0.1, 0.15) is 0 Å². The molecule has 0 saturated carbocycles. The molecule has 2 atom stereocenters. The second-order valence-corrected chi connectivity index (χ2v) is 6.41. The van der Waals surface area contributed by atoms with Crippen LogP contribution in [0.4, 0.5) is 0 Å². The highest BCUT2D eigenvalue weighted by atomic mass is 16.5. The number of ether oxygens (including phenoxy) is 1. The summed E-state index contributed by atoms with van der Waals surface area (Å²) in [5.74, 6) is 0.748. The molecule has 0 bridgehead atoms. The molecule has 0 aliphatic carbocycles. The van der Waals surface area contributed by atoms with E-state index < -0.39 is 0 Å². The summed E-state index contributed by atoms with van der Waals surface area (Å²) >= 11 is 0. The van der Waals surface area contributed by atoms with Crippen molar-refractivity contribution in [3.8, 4) is 0 Å². The molecular formula is C16H30N2O2. The molecule has 20 heavy (non-hydrogen) atoms. The highest BCUT2D eigenvalue weighted by molar-refractivity contribution is 5.76. The van der Waals surface area contributed by atoms with Crippen LogP contribution in [-0.4, -0.2) is 37.2 Å². The average Bonchev–Trinajstić information content (AvgIpc) is 2.48. The number of amides is 1. The Morgan fingerprint density at radius 3 is 2.80 bits per heavy atom. The lowest BCUT2D eigenvalue weighted by molar-refractivity contribution is -0.127. The predicted octanol–water partition coefficient (Wildman–Crippen LogP) is 2.23. The monoisotopic (exact) mass is 282 g/mol. The van der Waals surface area contributed by atoms with Crippen molar-refractivity contribution in [2.45, 2.75) is 70.4 Å². The van der Waals surface area contributed by atoms with Crippen molar-refractivity contribution in [2.75, 3.05) is 19.7 Å². The lowest BCUT2D eigenvalue weighted by atomic mass is 9.85. The van der Waals surface area contributed by atoms with Crippen LogP contribution in [0.2, 0.25) is 0 Å². The highest BCUT2D eigenvalue weighted by Gasteiger charge is 2.35. The fraction of sp³-hybridized carbons (Fsp3) is 0.938. The lowest BCUT2D eigenvalue weighted by Gasteiger charge is -2.40. The molecule has 2 saturated heterocycles. The molecule has 2 aliphatic rings. The van der Waals surface area contributed by atoms with Gasteiger partial charge in [0.05, 0.1) is 5.60 Å². The Morgan fingerprint density at radius 2 is 2.15 bits per heavy atom. The smallest absolute Gasteiger partial charge is 0.220 e. The molecule has 2 heterocycles. The van der Waals surface area contributed by atoms with Crippen molar-refractivity contribution in [3.63, 3.8) is 0 Å². The van der Waals surface area contributed by atoms with Crippen molar-refractivity contribution in [3.05, 3.63) is 0 Å². The van der Waals surface area contributed by atoms with Crippen LogP contribution < -0.4 is 10.6 Å². The first-order chi connectivity index (χ1) is 9.67. The van der Waals surface area contributed by atoms with Crippen molar-refractivity contribution in [1.29, 1.82) is 0 Å². The Kier molecular flexibility index (Phi) is 5.85. The van der Waals surface area contributed by atoms with E-state index in [1.54, 1.807) is 0 Å². The number of carbonyl (C=O) groups is 1. The summed E-state index contributed by atoms with van der Waals surface area (Å²) < 4.78 is 5.96. The lowest BCUT2D eigenvalue weighted by Crippen LogP contribution is -2.48. The zero-order chi connectivity index (χ0) is 14.4. The first-order valence-electron chi connectivity index (χ1n) is 8.31. The summed E-state index contributed by atoms with van der Waals surface area (Å²) in [6.45, 7) is 7.24. The largest absolute Gasteiger partial charge is 0.375 e. The van der Waals surface area contributed by atoms with Crippen LogP contribution in [-0.2, 0) is 9.53 Å². The van der Waals surface area contributed by atoms with Crippen LogP contribution in [0.1, 0.15) is 58.8 Å². The van der Waals surface area contributed by atoms with Gasteiger partial charge in [-0.1, -0.05) is 13.8 Å². The molecule has 0 aromatic carbocycles. The van der Waals surface area contributed by atoms with E-state index in [2.05, 4.69) is 24.5 Å². The molecule has 2 N–H and O–H groups in total. The van der Waals surface area contributed by atoms with E-state index in [9.17, 15) is 4.79 Å². The molecule has 116 valence electrons. The summed E-state index contributed by atoms with van der Waals surface area (Å²) in [5.41, 5.74) is -0.0113. The molecule has 2 rings (SSSR count). The molecule has 2 fully saturated rings. The van der Waals surface area contributed by atoms with Gasteiger partial charge in [-0.15, -0.1) is 0 Å². The maximum absolute atomic E-state index is 12.2. The van der Waals surface area contributed by atoms with Gasteiger partial charge < -0.3 is 15.4 Å². The number of hydrogen-bond donors (Lipinski definition) is 2. The van der Waals surface area contributed by atoms with E-state index in [-0.39, 0.29) is 11.5 Å². The molecule has 4 nitrogen and oxygen atoms in total. The van der Waals surface area contributed by atoms with E-state index in [1.807, 2.05) is 0 Å². The van der Waals surface area contributed by atoms with E-state index in [1.165, 1.54) is 12.8 Å². The van der Waals surface area contributed by atoms with Gasteiger partial charge in [0.2, 0.25) is 5.91 Å². The van der Waals surface area contributed by atoms with Gasteiger partial charge in [-0.25, -0.2) is 0 Å². The maximum Gasteiger partial charge on any atom is 0.220 e. The quantitative estimate of drug-likeness (QED) is 0.813. The minimum atomic E-state index is -0.0113. The van der Waals surface area contributed by atoms with E-state index >= 15 is 0 Å². The van der Waals surface area contributed by atoms with Crippen molar-refractivity contribution >= 4 is 5.91 Å². The maximum atomic E-state index is 12.2. The Morgan fingerprint density at radius 1 is 1.35 bits per heavy atom. The Bertz CT molecular complexity index is 310. The highest BCUT2D eigenvalue weighted by Crippen LogP contribution is 2.31. The van der Waals surface area contributed by atoms with Gasteiger partial charge >= 0.3 is 0 Å². The molecule has 0 spiro atoms. The number of carbonyl (C=O) groups excluding carboxylic acids is 1. The van der Waals surface area contributed by atoms with Crippen molar-refractivity contribution in [1.82, 2.24) is 10.6 Å².